The maximum absolute atomic E-state index is 13.5. The number of carbonyl (C=O) groups is 1. The lowest BCUT2D eigenvalue weighted by Gasteiger charge is -2.22. The fourth-order valence-electron chi connectivity index (χ4n) is 1.50. The summed E-state index contributed by atoms with van der Waals surface area (Å²) in [6.07, 6.45) is -0.507. The molecule has 0 aliphatic rings. The average Bonchev–Trinajstić information content (AvgIpc) is 2.30. The minimum atomic E-state index is -3.83. The lowest BCUT2D eigenvalue weighted by molar-refractivity contribution is -0.136. The zero-order valence-electron chi connectivity index (χ0n) is 9.84. The van der Waals surface area contributed by atoms with E-state index in [1.165, 1.54) is 18.2 Å². The first kappa shape index (κ1) is 14.4. The third-order valence-corrected chi connectivity index (χ3v) is 4.16. The first-order valence-electron chi connectivity index (χ1n) is 5.35. The summed E-state index contributed by atoms with van der Waals surface area (Å²) >= 11 is 0. The van der Waals surface area contributed by atoms with Crippen LogP contribution in [0.1, 0.15) is 13.3 Å². The number of benzene rings is 1. The maximum Gasteiger partial charge on any atom is 0.304 e. The number of halogens is 1. The molecule has 0 aromatic heterocycles. The van der Waals surface area contributed by atoms with Gasteiger partial charge in [-0.05, 0) is 19.1 Å². The standard InChI is InChI=1S/C11H14FNO4S/c1-2-13(10-6-4-3-5-9(10)12)18(16,17)8-7-11(14)15/h3-6H,2,7-8H2,1H3,(H,14,15). The number of para-hydroxylation sites is 1. The highest BCUT2D eigenvalue weighted by Gasteiger charge is 2.23. The Balaban J connectivity index is 3.03. The lowest BCUT2D eigenvalue weighted by atomic mass is 10.3. The summed E-state index contributed by atoms with van der Waals surface area (Å²) in [7, 11) is -3.83. The number of carboxylic acid groups (broad SMARTS) is 1. The van der Waals surface area contributed by atoms with Gasteiger partial charge in [-0.1, -0.05) is 12.1 Å². The highest BCUT2D eigenvalue weighted by molar-refractivity contribution is 7.92. The topological polar surface area (TPSA) is 74.7 Å². The normalized spacial score (nSPS) is 11.2. The van der Waals surface area contributed by atoms with Crippen molar-refractivity contribution in [3.8, 4) is 0 Å². The van der Waals surface area contributed by atoms with E-state index in [-0.39, 0.29) is 12.2 Å². The predicted molar refractivity (Wildman–Crippen MR) is 65.5 cm³/mol. The molecule has 0 aliphatic heterocycles. The second kappa shape index (κ2) is 5.81. The van der Waals surface area contributed by atoms with Crippen LogP contribution in [0.15, 0.2) is 24.3 Å². The van der Waals surface area contributed by atoms with Crippen LogP contribution < -0.4 is 4.31 Å². The molecule has 0 fully saturated rings. The van der Waals surface area contributed by atoms with Gasteiger partial charge in [-0.25, -0.2) is 12.8 Å². The summed E-state index contributed by atoms with van der Waals surface area (Å²) in [5.74, 6) is -2.41. The van der Waals surface area contributed by atoms with Crippen LogP contribution in [0.2, 0.25) is 0 Å². The van der Waals surface area contributed by atoms with Gasteiger partial charge in [0.25, 0.3) is 0 Å². The van der Waals surface area contributed by atoms with E-state index in [4.69, 9.17) is 5.11 Å². The van der Waals surface area contributed by atoms with E-state index < -0.39 is 34.0 Å². The van der Waals surface area contributed by atoms with E-state index in [0.29, 0.717) is 0 Å². The largest absolute Gasteiger partial charge is 0.481 e. The van der Waals surface area contributed by atoms with Crippen molar-refractivity contribution < 1.29 is 22.7 Å². The van der Waals surface area contributed by atoms with Gasteiger partial charge in [-0.2, -0.15) is 0 Å². The van der Waals surface area contributed by atoms with Crippen molar-refractivity contribution in [2.24, 2.45) is 0 Å². The van der Waals surface area contributed by atoms with Gasteiger partial charge in [-0.3, -0.25) is 9.10 Å². The summed E-state index contributed by atoms with van der Waals surface area (Å²) in [4.78, 5) is 10.4. The quantitative estimate of drug-likeness (QED) is 0.852. The summed E-state index contributed by atoms with van der Waals surface area (Å²) in [6.45, 7) is 1.60. The van der Waals surface area contributed by atoms with E-state index >= 15 is 0 Å². The Hall–Kier alpha value is -1.63. The fourth-order valence-corrected chi connectivity index (χ4v) is 2.99. The van der Waals surface area contributed by atoms with E-state index in [9.17, 15) is 17.6 Å². The van der Waals surface area contributed by atoms with Crippen LogP contribution in [0.25, 0.3) is 0 Å². The SMILES string of the molecule is CCN(c1ccccc1F)S(=O)(=O)CCC(=O)O. The smallest absolute Gasteiger partial charge is 0.304 e. The summed E-state index contributed by atoms with van der Waals surface area (Å²) in [5, 5.41) is 8.50. The van der Waals surface area contributed by atoms with Gasteiger partial charge in [0.1, 0.15) is 5.82 Å². The van der Waals surface area contributed by atoms with Crippen LogP contribution in [0.3, 0.4) is 0 Å². The minimum Gasteiger partial charge on any atom is -0.481 e. The molecule has 100 valence electrons. The molecular formula is C11H14FNO4S. The molecule has 0 heterocycles. The van der Waals surface area contributed by atoms with Gasteiger partial charge < -0.3 is 5.11 Å². The van der Waals surface area contributed by atoms with Crippen molar-refractivity contribution in [2.75, 3.05) is 16.6 Å². The fraction of sp³-hybridized carbons (Fsp3) is 0.364. The molecule has 1 aromatic rings. The number of aliphatic carboxylic acids is 1. The van der Waals surface area contributed by atoms with Crippen molar-refractivity contribution >= 4 is 21.7 Å². The molecule has 0 atom stereocenters. The molecule has 0 bridgehead atoms. The van der Waals surface area contributed by atoms with Gasteiger partial charge in [0.05, 0.1) is 17.9 Å². The van der Waals surface area contributed by atoms with Crippen LogP contribution in [0.5, 0.6) is 0 Å². The molecule has 0 amide bonds. The van der Waals surface area contributed by atoms with Gasteiger partial charge in [-0.15, -0.1) is 0 Å². The minimum absolute atomic E-state index is 0.0445. The van der Waals surface area contributed by atoms with Crippen LogP contribution in [-0.4, -0.2) is 31.8 Å². The molecule has 1 N–H and O–H groups in total. The number of hydrogen-bond donors (Lipinski definition) is 1. The summed E-state index contributed by atoms with van der Waals surface area (Å²) in [6, 6.07) is 5.48. The summed E-state index contributed by atoms with van der Waals surface area (Å²) in [5.41, 5.74) is -0.0645. The number of carboxylic acids is 1. The van der Waals surface area contributed by atoms with Crippen molar-refractivity contribution in [1.29, 1.82) is 0 Å². The zero-order valence-corrected chi connectivity index (χ0v) is 10.7. The molecule has 0 spiro atoms. The Kier molecular flexibility index (Phi) is 4.66. The second-order valence-electron chi connectivity index (χ2n) is 3.58. The van der Waals surface area contributed by atoms with Crippen molar-refractivity contribution in [1.82, 2.24) is 0 Å². The number of hydrogen-bond acceptors (Lipinski definition) is 3. The number of sulfonamides is 1. The Morgan fingerprint density at radius 2 is 2.00 bits per heavy atom. The molecule has 5 nitrogen and oxygen atoms in total. The van der Waals surface area contributed by atoms with E-state index in [2.05, 4.69) is 0 Å². The molecule has 18 heavy (non-hydrogen) atoms. The molecule has 0 radical (unpaired) electrons. The molecular weight excluding hydrogens is 261 g/mol. The Morgan fingerprint density at radius 1 is 1.39 bits per heavy atom. The summed E-state index contributed by atoms with van der Waals surface area (Å²) < 4.78 is 38.2. The van der Waals surface area contributed by atoms with E-state index in [0.717, 1.165) is 10.4 Å². The molecule has 0 saturated heterocycles. The third-order valence-electron chi connectivity index (χ3n) is 2.32. The van der Waals surface area contributed by atoms with Gasteiger partial charge >= 0.3 is 5.97 Å². The van der Waals surface area contributed by atoms with E-state index in [1.807, 2.05) is 0 Å². The first-order chi connectivity index (χ1) is 8.38. The monoisotopic (exact) mass is 275 g/mol. The molecule has 0 unspecified atom stereocenters. The molecule has 7 heteroatoms. The van der Waals surface area contributed by atoms with Gasteiger partial charge in [0.2, 0.25) is 10.0 Å². The predicted octanol–water partition coefficient (Wildman–Crippen LogP) is 1.46. The Bertz CT molecular complexity index is 530. The van der Waals surface area contributed by atoms with E-state index in [1.54, 1.807) is 6.92 Å². The van der Waals surface area contributed by atoms with Gasteiger partial charge in [0, 0.05) is 6.54 Å². The molecule has 1 rings (SSSR count). The third kappa shape index (κ3) is 3.43. The number of anilines is 1. The second-order valence-corrected chi connectivity index (χ2v) is 5.59. The lowest BCUT2D eigenvalue weighted by Crippen LogP contribution is -2.34. The van der Waals surface area contributed by atoms with Gasteiger partial charge in [0.15, 0.2) is 0 Å². The maximum atomic E-state index is 13.5. The van der Waals surface area contributed by atoms with Crippen molar-refractivity contribution in [2.45, 2.75) is 13.3 Å². The Morgan fingerprint density at radius 3 is 2.50 bits per heavy atom. The van der Waals surface area contributed by atoms with Crippen LogP contribution >= 0.6 is 0 Å². The molecule has 0 aliphatic carbocycles. The van der Waals surface area contributed by atoms with Crippen molar-refractivity contribution in [3.05, 3.63) is 30.1 Å². The van der Waals surface area contributed by atoms with Crippen LogP contribution in [0.4, 0.5) is 10.1 Å². The van der Waals surface area contributed by atoms with Crippen LogP contribution in [0, 0.1) is 5.82 Å². The number of rotatable bonds is 6. The highest BCUT2D eigenvalue weighted by Crippen LogP contribution is 2.22. The van der Waals surface area contributed by atoms with Crippen LogP contribution in [-0.2, 0) is 14.8 Å². The molecule has 0 saturated carbocycles. The first-order valence-corrected chi connectivity index (χ1v) is 6.96. The number of nitrogens with zero attached hydrogens (tertiary/aromatic N) is 1. The Labute approximate surface area is 105 Å². The molecule has 1 aromatic carbocycles. The average molecular weight is 275 g/mol. The van der Waals surface area contributed by atoms with Crippen molar-refractivity contribution in [3.63, 3.8) is 0 Å². The highest BCUT2D eigenvalue weighted by atomic mass is 32.2. The zero-order chi connectivity index (χ0) is 13.8.